The number of nitrogens with one attached hydrogen (secondary N) is 2. The predicted octanol–water partition coefficient (Wildman–Crippen LogP) is 5.35. The van der Waals surface area contributed by atoms with Gasteiger partial charge in [0.15, 0.2) is 12.4 Å². The van der Waals surface area contributed by atoms with Gasteiger partial charge >= 0.3 is 6.18 Å². The highest BCUT2D eigenvalue weighted by Gasteiger charge is 2.32. The average molecular weight is 573 g/mol. The normalized spacial score (nSPS) is 11.8. The van der Waals surface area contributed by atoms with Crippen LogP contribution in [0.5, 0.6) is 5.75 Å². The van der Waals surface area contributed by atoms with E-state index in [9.17, 15) is 35.6 Å². The van der Waals surface area contributed by atoms with Crippen LogP contribution in [-0.2, 0) is 21.0 Å². The van der Waals surface area contributed by atoms with Gasteiger partial charge in [0, 0.05) is 22.8 Å². The SMILES string of the molecule is CCNS(=O)(=O)c1ccc(NC(=O)COc2ccc(Cl)cc2C(=O)c2cc(F)cc(C(F)(F)F)c2)c(C)c1. The zero-order valence-corrected chi connectivity index (χ0v) is 21.5. The number of hydrogen-bond donors (Lipinski definition) is 2. The number of alkyl halides is 3. The molecule has 0 aliphatic heterocycles. The second kappa shape index (κ2) is 11.5. The summed E-state index contributed by atoms with van der Waals surface area (Å²) in [5.41, 5.74) is -1.45. The molecule has 3 aromatic carbocycles. The molecule has 0 aromatic heterocycles. The molecule has 3 rings (SSSR count). The maximum Gasteiger partial charge on any atom is 0.416 e. The van der Waals surface area contributed by atoms with Gasteiger partial charge in [0.1, 0.15) is 11.6 Å². The van der Waals surface area contributed by atoms with Gasteiger partial charge in [0.25, 0.3) is 5.91 Å². The summed E-state index contributed by atoms with van der Waals surface area (Å²) in [5, 5.41) is 2.61. The summed E-state index contributed by atoms with van der Waals surface area (Å²) in [7, 11) is -3.69. The van der Waals surface area contributed by atoms with E-state index in [1.165, 1.54) is 30.3 Å². The minimum Gasteiger partial charge on any atom is -0.483 e. The summed E-state index contributed by atoms with van der Waals surface area (Å²) >= 11 is 5.95. The van der Waals surface area contributed by atoms with Crippen molar-refractivity contribution < 1.29 is 40.3 Å². The summed E-state index contributed by atoms with van der Waals surface area (Å²) in [5.74, 6) is -3.10. The number of aryl methyl sites for hydroxylation is 1. The lowest BCUT2D eigenvalue weighted by Crippen LogP contribution is -2.24. The van der Waals surface area contributed by atoms with Crippen molar-refractivity contribution in [2.24, 2.45) is 0 Å². The molecule has 0 unspecified atom stereocenters. The van der Waals surface area contributed by atoms with Crippen LogP contribution in [0.3, 0.4) is 0 Å². The topological polar surface area (TPSA) is 102 Å². The van der Waals surface area contributed by atoms with E-state index in [2.05, 4.69) is 10.0 Å². The van der Waals surface area contributed by atoms with Gasteiger partial charge in [0.2, 0.25) is 10.0 Å². The maximum absolute atomic E-state index is 13.8. The van der Waals surface area contributed by atoms with Crippen molar-refractivity contribution in [3.8, 4) is 5.75 Å². The maximum atomic E-state index is 13.8. The number of benzene rings is 3. The van der Waals surface area contributed by atoms with Crippen molar-refractivity contribution in [1.82, 2.24) is 4.72 Å². The molecule has 7 nitrogen and oxygen atoms in total. The lowest BCUT2D eigenvalue weighted by atomic mass is 10.00. The molecule has 0 saturated heterocycles. The van der Waals surface area contributed by atoms with Gasteiger partial charge in [-0.05, 0) is 67.1 Å². The zero-order chi connectivity index (χ0) is 28.3. The highest BCUT2D eigenvalue weighted by molar-refractivity contribution is 7.89. The van der Waals surface area contributed by atoms with Crippen molar-refractivity contribution in [3.63, 3.8) is 0 Å². The van der Waals surface area contributed by atoms with Gasteiger partial charge in [-0.15, -0.1) is 0 Å². The molecular weight excluding hydrogens is 552 g/mol. The summed E-state index contributed by atoms with van der Waals surface area (Å²) in [6, 6.07) is 9.22. The Morgan fingerprint density at radius 3 is 2.37 bits per heavy atom. The van der Waals surface area contributed by atoms with Crippen LogP contribution in [0, 0.1) is 12.7 Å². The van der Waals surface area contributed by atoms with Gasteiger partial charge in [-0.2, -0.15) is 13.2 Å². The molecule has 38 heavy (non-hydrogen) atoms. The molecule has 0 aliphatic rings. The molecule has 0 heterocycles. The van der Waals surface area contributed by atoms with Gasteiger partial charge in [-0.25, -0.2) is 17.5 Å². The number of carbonyl (C=O) groups is 2. The van der Waals surface area contributed by atoms with Crippen LogP contribution >= 0.6 is 11.6 Å². The van der Waals surface area contributed by atoms with Crippen molar-refractivity contribution in [3.05, 3.63) is 87.7 Å². The summed E-state index contributed by atoms with van der Waals surface area (Å²) < 4.78 is 85.2. The van der Waals surface area contributed by atoms with E-state index in [-0.39, 0.29) is 33.8 Å². The Balaban J connectivity index is 1.79. The molecule has 2 N–H and O–H groups in total. The van der Waals surface area contributed by atoms with E-state index in [4.69, 9.17) is 16.3 Å². The fourth-order valence-corrected chi connectivity index (χ4v) is 4.69. The smallest absolute Gasteiger partial charge is 0.416 e. The Morgan fingerprint density at radius 2 is 1.74 bits per heavy atom. The Hall–Kier alpha value is -3.48. The van der Waals surface area contributed by atoms with Crippen LogP contribution in [-0.4, -0.2) is 33.3 Å². The standard InChI is InChI=1S/C25H21ClF4N2O5S/c1-3-31-38(35,36)19-5-6-21(14(2)8-19)32-23(33)13-37-22-7-4-17(26)12-20(22)24(34)15-9-16(25(28,29)30)11-18(27)10-15/h4-12,31H,3,13H2,1-2H3,(H,32,33). The minimum atomic E-state index is -4.88. The van der Waals surface area contributed by atoms with E-state index in [1.807, 2.05) is 0 Å². The number of hydrogen-bond acceptors (Lipinski definition) is 5. The van der Waals surface area contributed by atoms with Gasteiger partial charge in [-0.3, -0.25) is 9.59 Å². The molecule has 0 bridgehead atoms. The fourth-order valence-electron chi connectivity index (χ4n) is 3.39. The summed E-state index contributed by atoms with van der Waals surface area (Å²) in [4.78, 5) is 25.5. The molecule has 202 valence electrons. The lowest BCUT2D eigenvalue weighted by Gasteiger charge is -2.14. The highest BCUT2D eigenvalue weighted by atomic mass is 35.5. The zero-order valence-electron chi connectivity index (χ0n) is 19.9. The summed E-state index contributed by atoms with van der Waals surface area (Å²) in [6.45, 7) is 2.81. The first-order chi connectivity index (χ1) is 17.7. The first-order valence-electron chi connectivity index (χ1n) is 11.0. The third-order valence-corrected chi connectivity index (χ3v) is 6.93. The molecule has 0 saturated carbocycles. The molecule has 1 amide bonds. The van der Waals surface area contributed by atoms with E-state index < -0.39 is 51.4 Å². The van der Waals surface area contributed by atoms with Gasteiger partial charge in [-0.1, -0.05) is 18.5 Å². The first-order valence-corrected chi connectivity index (χ1v) is 12.8. The monoisotopic (exact) mass is 572 g/mol. The quantitative estimate of drug-likeness (QED) is 0.266. The van der Waals surface area contributed by atoms with Gasteiger partial charge < -0.3 is 10.1 Å². The third-order valence-electron chi connectivity index (χ3n) is 5.15. The number of halogens is 5. The Labute approximate surface area is 220 Å². The second-order valence-corrected chi connectivity index (χ2v) is 10.2. The number of ether oxygens (including phenoxy) is 1. The number of anilines is 1. The van der Waals surface area contributed by atoms with E-state index in [0.29, 0.717) is 23.4 Å². The van der Waals surface area contributed by atoms with Crippen LogP contribution < -0.4 is 14.8 Å². The third kappa shape index (κ3) is 7.09. The van der Waals surface area contributed by atoms with Crippen LogP contribution in [0.15, 0.2) is 59.5 Å². The fraction of sp³-hybridized carbons (Fsp3) is 0.200. The van der Waals surface area contributed by atoms with E-state index in [0.717, 1.165) is 6.07 Å². The van der Waals surface area contributed by atoms with Crippen LogP contribution in [0.4, 0.5) is 23.2 Å². The molecule has 0 atom stereocenters. The first kappa shape index (κ1) is 29.1. The lowest BCUT2D eigenvalue weighted by molar-refractivity contribution is -0.137. The predicted molar refractivity (Wildman–Crippen MR) is 132 cm³/mol. The average Bonchev–Trinajstić information content (AvgIpc) is 2.83. The van der Waals surface area contributed by atoms with E-state index in [1.54, 1.807) is 13.8 Å². The molecule has 0 radical (unpaired) electrons. The Morgan fingerprint density at radius 1 is 1.03 bits per heavy atom. The minimum absolute atomic E-state index is 0.0152. The Kier molecular flexibility index (Phi) is 8.80. The van der Waals surface area contributed by atoms with Crippen LogP contribution in [0.1, 0.15) is 34.0 Å². The largest absolute Gasteiger partial charge is 0.483 e. The molecule has 0 fully saturated rings. The van der Waals surface area contributed by atoms with Gasteiger partial charge in [0.05, 0.1) is 16.0 Å². The number of amides is 1. The van der Waals surface area contributed by atoms with E-state index >= 15 is 0 Å². The molecule has 13 heteroatoms. The second-order valence-electron chi connectivity index (χ2n) is 8.01. The highest BCUT2D eigenvalue weighted by Crippen LogP contribution is 2.32. The van der Waals surface area contributed by atoms with Crippen LogP contribution in [0.25, 0.3) is 0 Å². The molecule has 3 aromatic rings. The van der Waals surface area contributed by atoms with Crippen molar-refractivity contribution in [1.29, 1.82) is 0 Å². The number of carbonyl (C=O) groups excluding carboxylic acids is 2. The van der Waals surface area contributed by atoms with Crippen molar-refractivity contribution in [2.75, 3.05) is 18.5 Å². The molecule has 0 aliphatic carbocycles. The number of rotatable bonds is 9. The molecule has 0 spiro atoms. The Bertz CT molecular complexity index is 1490. The molecular formula is C25H21ClF4N2O5S. The van der Waals surface area contributed by atoms with Crippen LogP contribution in [0.2, 0.25) is 5.02 Å². The van der Waals surface area contributed by atoms with Crippen molar-refractivity contribution >= 4 is 39.0 Å². The number of sulfonamides is 1. The summed E-state index contributed by atoms with van der Waals surface area (Å²) in [6.07, 6.45) is -4.88. The van der Waals surface area contributed by atoms with Crippen molar-refractivity contribution in [2.45, 2.75) is 24.9 Å². The number of ketones is 1.